The van der Waals surface area contributed by atoms with Crippen molar-refractivity contribution in [2.45, 2.75) is 69.2 Å². The van der Waals surface area contributed by atoms with Crippen LogP contribution in [0.5, 0.6) is 5.75 Å². The van der Waals surface area contributed by atoms with Crippen molar-refractivity contribution in [3.05, 3.63) is 87.7 Å². The summed E-state index contributed by atoms with van der Waals surface area (Å²) in [5.74, 6) is -0.223. The maximum Gasteiger partial charge on any atom is 0.416 e. The van der Waals surface area contributed by atoms with Crippen LogP contribution in [0.2, 0.25) is 0 Å². The summed E-state index contributed by atoms with van der Waals surface area (Å²) >= 11 is 0.748. The highest BCUT2D eigenvalue weighted by atomic mass is 32.2. The van der Waals surface area contributed by atoms with E-state index < -0.39 is 51.9 Å². The number of thioether (sulfide) groups is 1. The van der Waals surface area contributed by atoms with E-state index in [1.807, 2.05) is 39.0 Å². The summed E-state index contributed by atoms with van der Waals surface area (Å²) in [5.41, 5.74) is 0.485. The molecule has 3 nitrogen and oxygen atoms in total. The summed E-state index contributed by atoms with van der Waals surface area (Å²) in [4.78, 5) is 15.0. The zero-order valence-corrected chi connectivity index (χ0v) is 24.0. The third-order valence-electron chi connectivity index (χ3n) is 7.95. The Hall–Kier alpha value is -3.21. The fourth-order valence-corrected chi connectivity index (χ4v) is 7.28. The molecule has 224 valence electrons. The van der Waals surface area contributed by atoms with E-state index in [4.69, 9.17) is 4.74 Å². The van der Waals surface area contributed by atoms with Gasteiger partial charge in [-0.25, -0.2) is 4.39 Å². The van der Waals surface area contributed by atoms with Crippen molar-refractivity contribution in [3.63, 3.8) is 0 Å². The highest BCUT2D eigenvalue weighted by molar-refractivity contribution is 8.14. The molecule has 2 fully saturated rings. The molecule has 0 unspecified atom stereocenters. The van der Waals surface area contributed by atoms with Crippen LogP contribution in [-0.4, -0.2) is 23.3 Å². The van der Waals surface area contributed by atoms with Crippen molar-refractivity contribution in [3.8, 4) is 16.9 Å². The predicted molar refractivity (Wildman–Crippen MR) is 147 cm³/mol. The SMILES string of the molecule is COc1cc(F)c(C(C)C)cc1-c1ccc(C)cc1[C@@H]1CC[C@H]2[C@@H](c3cc(C(F)(F)F)cc(C(F)(F)F)c3)SC(=O)N12. The first-order valence-corrected chi connectivity index (χ1v) is 14.2. The van der Waals surface area contributed by atoms with Gasteiger partial charge < -0.3 is 9.64 Å². The van der Waals surface area contributed by atoms with Crippen molar-refractivity contribution < 1.29 is 40.3 Å². The van der Waals surface area contributed by atoms with Crippen molar-refractivity contribution in [2.75, 3.05) is 7.11 Å². The van der Waals surface area contributed by atoms with Gasteiger partial charge in [0.05, 0.1) is 29.5 Å². The first-order valence-electron chi connectivity index (χ1n) is 13.4. The summed E-state index contributed by atoms with van der Waals surface area (Å²) in [7, 11) is 1.43. The summed E-state index contributed by atoms with van der Waals surface area (Å²) in [6, 6.07) is 9.15. The lowest BCUT2D eigenvalue weighted by Gasteiger charge is -2.28. The van der Waals surface area contributed by atoms with Crippen LogP contribution in [0.25, 0.3) is 11.1 Å². The Morgan fingerprint density at radius 1 is 0.905 bits per heavy atom. The lowest BCUT2D eigenvalue weighted by Crippen LogP contribution is -2.30. The molecule has 42 heavy (non-hydrogen) atoms. The Morgan fingerprint density at radius 2 is 1.55 bits per heavy atom. The van der Waals surface area contributed by atoms with Crippen LogP contribution in [0.15, 0.2) is 48.5 Å². The van der Waals surface area contributed by atoms with E-state index in [1.165, 1.54) is 13.2 Å². The molecule has 1 amide bonds. The second kappa shape index (κ2) is 10.8. The average molecular weight is 612 g/mol. The number of ether oxygens (including phenoxy) is 1. The van der Waals surface area contributed by atoms with Crippen LogP contribution in [-0.2, 0) is 12.4 Å². The normalized spacial score (nSPS) is 20.9. The summed E-state index contributed by atoms with van der Waals surface area (Å²) in [6.45, 7) is 5.61. The number of halogens is 7. The van der Waals surface area contributed by atoms with Crippen LogP contribution in [0, 0.1) is 12.7 Å². The summed E-state index contributed by atoms with van der Waals surface area (Å²) < 4.78 is 102. The average Bonchev–Trinajstić information content (AvgIpc) is 3.48. The minimum absolute atomic E-state index is 0.0979. The Bertz CT molecular complexity index is 1500. The number of amides is 1. The molecule has 2 aliphatic heterocycles. The van der Waals surface area contributed by atoms with Crippen molar-refractivity contribution in [1.82, 2.24) is 4.90 Å². The first-order chi connectivity index (χ1) is 19.6. The number of carbonyl (C=O) groups is 1. The topological polar surface area (TPSA) is 29.5 Å². The van der Waals surface area contributed by atoms with E-state index in [1.54, 1.807) is 11.0 Å². The fourth-order valence-electron chi connectivity index (χ4n) is 5.98. The van der Waals surface area contributed by atoms with E-state index in [0.29, 0.717) is 47.4 Å². The lowest BCUT2D eigenvalue weighted by molar-refractivity contribution is -0.143. The van der Waals surface area contributed by atoms with Crippen LogP contribution in [0.4, 0.5) is 35.5 Å². The van der Waals surface area contributed by atoms with Gasteiger partial charge in [0.2, 0.25) is 0 Å². The van der Waals surface area contributed by atoms with Gasteiger partial charge >= 0.3 is 12.4 Å². The Labute approximate surface area is 243 Å². The summed E-state index contributed by atoms with van der Waals surface area (Å²) in [6.07, 6.45) is -9.13. The van der Waals surface area contributed by atoms with Gasteiger partial charge in [0.1, 0.15) is 11.6 Å². The Kier molecular flexibility index (Phi) is 7.79. The second-order valence-corrected chi connectivity index (χ2v) is 12.1. The van der Waals surface area contributed by atoms with Crippen molar-refractivity contribution in [2.24, 2.45) is 0 Å². The van der Waals surface area contributed by atoms with E-state index >= 15 is 0 Å². The van der Waals surface area contributed by atoms with Crippen molar-refractivity contribution in [1.29, 1.82) is 0 Å². The maximum absolute atomic E-state index is 14.8. The number of alkyl halides is 6. The number of rotatable bonds is 5. The van der Waals surface area contributed by atoms with Gasteiger partial charge in [-0.2, -0.15) is 26.3 Å². The number of nitrogens with zero attached hydrogens (tertiary/aromatic N) is 1. The van der Waals surface area contributed by atoms with E-state index in [9.17, 15) is 35.5 Å². The lowest BCUT2D eigenvalue weighted by atomic mass is 9.89. The third kappa shape index (κ3) is 5.47. The number of methoxy groups -OCH3 is 1. The molecule has 2 heterocycles. The minimum Gasteiger partial charge on any atom is -0.496 e. The third-order valence-corrected chi connectivity index (χ3v) is 9.21. The Morgan fingerprint density at radius 3 is 2.12 bits per heavy atom. The highest BCUT2D eigenvalue weighted by Crippen LogP contribution is 2.56. The number of benzene rings is 3. The van der Waals surface area contributed by atoms with Gasteiger partial charge in [0.25, 0.3) is 5.24 Å². The van der Waals surface area contributed by atoms with E-state index in [-0.39, 0.29) is 17.5 Å². The summed E-state index contributed by atoms with van der Waals surface area (Å²) in [5, 5.41) is -1.33. The van der Waals surface area contributed by atoms with Gasteiger partial charge in [-0.15, -0.1) is 0 Å². The van der Waals surface area contributed by atoms with Crippen molar-refractivity contribution >= 4 is 17.0 Å². The molecule has 0 spiro atoms. The molecule has 3 aromatic rings. The van der Waals surface area contributed by atoms with Gasteiger partial charge in [-0.1, -0.05) is 49.4 Å². The minimum atomic E-state index is -4.99. The standard InChI is InChI=1S/C31H28F7NO2S/c1-15(2)21-13-23(27(41-4)14-24(21)32)20-6-5-16(3)9-22(20)25-7-8-26-28(42-29(40)39(25)26)17-10-18(30(33,34)35)12-19(11-17)31(36,37)38/h5-6,9-15,25-26,28H,7-8H2,1-4H3/t25-,26-,28+/m0/s1. The van der Waals surface area contributed by atoms with Crippen LogP contribution < -0.4 is 4.74 Å². The first kappa shape index (κ1) is 30.3. The molecule has 5 rings (SSSR count). The van der Waals surface area contributed by atoms with Crippen LogP contribution in [0.1, 0.15) is 77.3 Å². The molecule has 0 aliphatic carbocycles. The van der Waals surface area contributed by atoms with Gasteiger partial charge in [0.15, 0.2) is 0 Å². The molecular formula is C31H28F7NO2S. The molecule has 2 saturated heterocycles. The molecule has 0 aromatic heterocycles. The molecule has 0 saturated carbocycles. The quantitative estimate of drug-likeness (QED) is 0.269. The van der Waals surface area contributed by atoms with Crippen LogP contribution >= 0.6 is 11.8 Å². The maximum atomic E-state index is 14.8. The monoisotopic (exact) mass is 611 g/mol. The largest absolute Gasteiger partial charge is 0.496 e. The molecule has 11 heteroatoms. The number of carbonyl (C=O) groups excluding carboxylic acids is 1. The molecular weight excluding hydrogens is 583 g/mol. The Balaban J connectivity index is 1.58. The van der Waals surface area contributed by atoms with Crippen LogP contribution in [0.3, 0.4) is 0 Å². The number of hydrogen-bond donors (Lipinski definition) is 0. The van der Waals surface area contributed by atoms with Gasteiger partial charge in [-0.3, -0.25) is 4.79 Å². The fraction of sp³-hybridized carbons (Fsp3) is 0.387. The molecule has 3 atom stereocenters. The predicted octanol–water partition coefficient (Wildman–Crippen LogP) is 10.1. The zero-order valence-electron chi connectivity index (χ0n) is 23.2. The van der Waals surface area contributed by atoms with Gasteiger partial charge in [0, 0.05) is 17.7 Å². The number of hydrogen-bond acceptors (Lipinski definition) is 3. The molecule has 0 radical (unpaired) electrons. The number of fused-ring (bicyclic) bond motifs is 1. The molecule has 3 aromatic carbocycles. The zero-order chi connectivity index (χ0) is 30.7. The highest BCUT2D eigenvalue weighted by Gasteiger charge is 2.50. The van der Waals surface area contributed by atoms with E-state index in [2.05, 4.69) is 0 Å². The smallest absolute Gasteiger partial charge is 0.416 e. The molecule has 2 aliphatic rings. The van der Waals surface area contributed by atoms with Gasteiger partial charge in [-0.05, 0) is 72.2 Å². The van der Waals surface area contributed by atoms with E-state index in [0.717, 1.165) is 22.9 Å². The molecule has 0 bridgehead atoms. The molecule has 0 N–H and O–H groups in total. The number of aryl methyl sites for hydroxylation is 1. The second-order valence-electron chi connectivity index (χ2n) is 11.0.